The minimum Gasteiger partial charge on any atom is -0.494 e. The predicted molar refractivity (Wildman–Crippen MR) is 132 cm³/mol. The molecule has 1 aromatic carbocycles. The van der Waals surface area contributed by atoms with E-state index in [2.05, 4.69) is 0 Å². The topological polar surface area (TPSA) is 205 Å². The van der Waals surface area contributed by atoms with Gasteiger partial charge in [0.15, 0.2) is 0 Å². The SMILES string of the molecule is CCOc1ccc(CC(CN(CC(=O)O)CC(=O)O)N(CC(=O)O)[C@H](C)CN(CC(=O)O)CC(=O)O)cc1. The molecule has 0 bridgehead atoms. The largest absolute Gasteiger partial charge is 0.494 e. The summed E-state index contributed by atoms with van der Waals surface area (Å²) in [5, 5.41) is 46.6. The average molecular weight is 542 g/mol. The number of carboxylic acid groups (broad SMARTS) is 5. The van der Waals surface area contributed by atoms with Gasteiger partial charge >= 0.3 is 29.8 Å². The third-order valence-corrected chi connectivity index (χ3v) is 5.49. The summed E-state index contributed by atoms with van der Waals surface area (Å²) >= 11 is 0. The lowest BCUT2D eigenvalue weighted by Gasteiger charge is -2.39. The van der Waals surface area contributed by atoms with Crippen LogP contribution in [0.25, 0.3) is 0 Å². The summed E-state index contributed by atoms with van der Waals surface area (Å²) in [6.07, 6.45) is 0.192. The number of carbonyl (C=O) groups is 5. The van der Waals surface area contributed by atoms with Crippen molar-refractivity contribution in [3.8, 4) is 5.75 Å². The zero-order valence-corrected chi connectivity index (χ0v) is 21.4. The smallest absolute Gasteiger partial charge is 0.317 e. The Morgan fingerprint density at radius 3 is 1.53 bits per heavy atom. The molecule has 0 amide bonds. The Balaban J connectivity index is 3.39. The van der Waals surface area contributed by atoms with Gasteiger partial charge in [-0.15, -0.1) is 0 Å². The van der Waals surface area contributed by atoms with Gasteiger partial charge in [-0.2, -0.15) is 0 Å². The second-order valence-corrected chi connectivity index (χ2v) is 8.76. The second-order valence-electron chi connectivity index (χ2n) is 8.76. The van der Waals surface area contributed by atoms with Gasteiger partial charge in [-0.1, -0.05) is 12.1 Å². The molecule has 5 N–H and O–H groups in total. The van der Waals surface area contributed by atoms with Crippen LogP contribution in [0.1, 0.15) is 19.4 Å². The number of aliphatic carboxylic acids is 5. The molecule has 14 heteroatoms. The van der Waals surface area contributed by atoms with E-state index in [0.29, 0.717) is 12.4 Å². The molecule has 0 saturated carbocycles. The van der Waals surface area contributed by atoms with Gasteiger partial charge in [-0.25, -0.2) is 0 Å². The van der Waals surface area contributed by atoms with Crippen molar-refractivity contribution >= 4 is 29.8 Å². The molecule has 0 aliphatic heterocycles. The highest BCUT2D eigenvalue weighted by atomic mass is 16.5. The van der Waals surface area contributed by atoms with Gasteiger partial charge in [-0.05, 0) is 38.0 Å². The van der Waals surface area contributed by atoms with E-state index in [1.807, 2.05) is 6.92 Å². The number of ether oxygens (including phenoxy) is 1. The molecule has 1 unspecified atom stereocenters. The van der Waals surface area contributed by atoms with E-state index in [1.165, 1.54) is 4.90 Å². The lowest BCUT2D eigenvalue weighted by molar-refractivity contribution is -0.144. The minimum absolute atomic E-state index is 0.122. The van der Waals surface area contributed by atoms with Crippen LogP contribution in [0, 0.1) is 0 Å². The maximum atomic E-state index is 11.8. The molecule has 1 rings (SSSR count). The summed E-state index contributed by atoms with van der Waals surface area (Å²) in [4.78, 5) is 60.9. The van der Waals surface area contributed by atoms with E-state index < -0.39 is 74.7 Å². The highest BCUT2D eigenvalue weighted by Gasteiger charge is 2.31. The number of carboxylic acids is 5. The molecular formula is C24H35N3O11. The van der Waals surface area contributed by atoms with Gasteiger partial charge in [0.25, 0.3) is 0 Å². The van der Waals surface area contributed by atoms with Crippen molar-refractivity contribution in [3.05, 3.63) is 29.8 Å². The van der Waals surface area contributed by atoms with Crippen LogP contribution in [0.4, 0.5) is 0 Å². The van der Waals surface area contributed by atoms with Crippen molar-refractivity contribution < 1.29 is 54.2 Å². The first-order chi connectivity index (χ1) is 17.8. The number of benzene rings is 1. The summed E-state index contributed by atoms with van der Waals surface area (Å²) in [5.41, 5.74) is 0.736. The van der Waals surface area contributed by atoms with Crippen LogP contribution in [-0.2, 0) is 30.4 Å². The summed E-state index contributed by atoms with van der Waals surface area (Å²) in [5.74, 6) is -5.66. The van der Waals surface area contributed by atoms with Gasteiger partial charge in [0.05, 0.1) is 39.3 Å². The molecule has 2 atom stereocenters. The van der Waals surface area contributed by atoms with Crippen LogP contribution in [0.15, 0.2) is 24.3 Å². The first-order valence-corrected chi connectivity index (χ1v) is 11.8. The van der Waals surface area contributed by atoms with Gasteiger partial charge in [0, 0.05) is 25.2 Å². The van der Waals surface area contributed by atoms with E-state index >= 15 is 0 Å². The maximum absolute atomic E-state index is 11.8. The molecule has 0 fully saturated rings. The van der Waals surface area contributed by atoms with Gasteiger partial charge < -0.3 is 30.3 Å². The molecule has 0 radical (unpaired) electrons. The van der Waals surface area contributed by atoms with Gasteiger partial charge in [-0.3, -0.25) is 38.7 Å². The van der Waals surface area contributed by atoms with Crippen molar-refractivity contribution in [2.24, 2.45) is 0 Å². The summed E-state index contributed by atoms with van der Waals surface area (Å²) in [6, 6.07) is 5.51. The Morgan fingerprint density at radius 2 is 1.13 bits per heavy atom. The summed E-state index contributed by atoms with van der Waals surface area (Å²) in [6.45, 7) is 0.688. The van der Waals surface area contributed by atoms with Crippen molar-refractivity contribution in [1.82, 2.24) is 14.7 Å². The molecule has 38 heavy (non-hydrogen) atoms. The van der Waals surface area contributed by atoms with Crippen molar-refractivity contribution in [3.63, 3.8) is 0 Å². The molecule has 14 nitrogen and oxygen atoms in total. The second kappa shape index (κ2) is 16.2. The molecule has 0 heterocycles. The number of rotatable bonds is 20. The quantitative estimate of drug-likeness (QED) is 0.144. The van der Waals surface area contributed by atoms with Crippen LogP contribution in [0.5, 0.6) is 5.75 Å². The normalized spacial score (nSPS) is 12.9. The minimum atomic E-state index is -1.27. The van der Waals surface area contributed by atoms with Crippen LogP contribution >= 0.6 is 0 Å². The zero-order valence-electron chi connectivity index (χ0n) is 21.4. The number of hydrogen-bond donors (Lipinski definition) is 5. The van der Waals surface area contributed by atoms with E-state index in [4.69, 9.17) is 4.74 Å². The molecule has 1 aromatic rings. The molecule has 0 spiro atoms. The number of hydrogen-bond acceptors (Lipinski definition) is 9. The van der Waals surface area contributed by atoms with Crippen LogP contribution in [0.2, 0.25) is 0 Å². The monoisotopic (exact) mass is 541 g/mol. The van der Waals surface area contributed by atoms with E-state index in [0.717, 1.165) is 15.4 Å². The molecule has 0 saturated heterocycles. The summed E-state index contributed by atoms with van der Waals surface area (Å²) < 4.78 is 5.43. The Labute approximate surface area is 219 Å². The third-order valence-electron chi connectivity index (χ3n) is 5.49. The highest BCUT2D eigenvalue weighted by Crippen LogP contribution is 2.18. The molecule has 0 aromatic heterocycles. The van der Waals surface area contributed by atoms with Gasteiger partial charge in [0.1, 0.15) is 5.75 Å². The standard InChI is InChI=1S/C24H35N3O11/c1-3-38-19-6-4-17(5-7-19)8-18(10-26(13-22(32)33)14-23(34)35)27(15-24(36)37)16(2)9-25(11-20(28)29)12-21(30)31/h4-7,16,18H,3,8-15H2,1-2H3,(H,28,29)(H,30,31)(H,32,33)(H,34,35)(H,36,37)/t16-,18?/m1/s1. The average Bonchev–Trinajstić information content (AvgIpc) is 2.76. The zero-order chi connectivity index (χ0) is 28.8. The fraction of sp³-hybridized carbons (Fsp3) is 0.542. The fourth-order valence-electron chi connectivity index (χ4n) is 4.16. The Bertz CT molecular complexity index is 922. The number of nitrogens with zero attached hydrogens (tertiary/aromatic N) is 3. The predicted octanol–water partition coefficient (Wildman–Crippen LogP) is -0.286. The molecular weight excluding hydrogens is 506 g/mol. The lowest BCUT2D eigenvalue weighted by atomic mass is 10.0. The van der Waals surface area contributed by atoms with Crippen molar-refractivity contribution in [1.29, 1.82) is 0 Å². The summed E-state index contributed by atoms with van der Waals surface area (Å²) in [7, 11) is 0. The van der Waals surface area contributed by atoms with Crippen LogP contribution in [0.3, 0.4) is 0 Å². The molecule has 0 aliphatic carbocycles. The van der Waals surface area contributed by atoms with E-state index in [1.54, 1.807) is 31.2 Å². The highest BCUT2D eigenvalue weighted by molar-refractivity contribution is 5.73. The first kappa shape index (κ1) is 32.3. The Morgan fingerprint density at radius 1 is 0.711 bits per heavy atom. The van der Waals surface area contributed by atoms with E-state index in [-0.39, 0.29) is 19.5 Å². The fourth-order valence-corrected chi connectivity index (χ4v) is 4.16. The lowest BCUT2D eigenvalue weighted by Crippen LogP contribution is -2.55. The molecule has 212 valence electrons. The molecule has 0 aliphatic rings. The third kappa shape index (κ3) is 13.0. The van der Waals surface area contributed by atoms with Crippen LogP contribution < -0.4 is 4.74 Å². The Hall–Kier alpha value is -3.75. The van der Waals surface area contributed by atoms with Crippen LogP contribution in [-0.4, -0.2) is 135 Å². The van der Waals surface area contributed by atoms with Gasteiger partial charge in [0.2, 0.25) is 0 Å². The first-order valence-electron chi connectivity index (χ1n) is 11.8. The van der Waals surface area contributed by atoms with Crippen molar-refractivity contribution in [2.75, 3.05) is 52.4 Å². The van der Waals surface area contributed by atoms with Crippen molar-refractivity contribution in [2.45, 2.75) is 32.4 Å². The Kier molecular flexibility index (Phi) is 13.7. The van der Waals surface area contributed by atoms with E-state index in [9.17, 15) is 49.5 Å². The maximum Gasteiger partial charge on any atom is 0.317 e.